The van der Waals surface area contributed by atoms with Gasteiger partial charge in [0.2, 0.25) is 10.0 Å². The Morgan fingerprint density at radius 2 is 1.60 bits per heavy atom. The summed E-state index contributed by atoms with van der Waals surface area (Å²) in [5.74, 6) is -0.739. The van der Waals surface area contributed by atoms with Gasteiger partial charge < -0.3 is 0 Å². The van der Waals surface area contributed by atoms with Crippen molar-refractivity contribution in [1.29, 1.82) is 0 Å². The predicted octanol–water partition coefficient (Wildman–Crippen LogP) is 2.72. The van der Waals surface area contributed by atoms with E-state index in [1.165, 1.54) is 24.3 Å². The normalized spacial score (nSPS) is 15.1. The molecule has 2 aromatic rings. The molecule has 0 heterocycles. The summed E-state index contributed by atoms with van der Waals surface area (Å²) in [6.07, 6.45) is 1.62. The van der Waals surface area contributed by atoms with Crippen LogP contribution < -0.4 is 9.44 Å². The number of rotatable bonds is 6. The van der Waals surface area contributed by atoms with E-state index in [1.807, 2.05) is 0 Å². The zero-order valence-corrected chi connectivity index (χ0v) is 15.1. The largest absolute Gasteiger partial charge is 0.280 e. The van der Waals surface area contributed by atoms with Gasteiger partial charge in [0.15, 0.2) is 0 Å². The van der Waals surface area contributed by atoms with Crippen LogP contribution >= 0.6 is 11.6 Å². The van der Waals surface area contributed by atoms with Crippen molar-refractivity contribution < 1.29 is 21.2 Å². The minimum absolute atomic E-state index is 0.0294. The van der Waals surface area contributed by atoms with E-state index in [2.05, 4.69) is 9.44 Å². The number of halogens is 2. The van der Waals surface area contributed by atoms with Gasteiger partial charge in [-0.15, -0.1) is 0 Å². The second kappa shape index (κ2) is 6.56. The highest BCUT2D eigenvalue weighted by Crippen LogP contribution is 2.26. The second-order valence-electron chi connectivity index (χ2n) is 5.60. The van der Waals surface area contributed by atoms with Gasteiger partial charge >= 0.3 is 0 Å². The summed E-state index contributed by atoms with van der Waals surface area (Å²) >= 11 is 5.81. The Bertz CT molecular complexity index is 1000. The Balaban J connectivity index is 1.82. The van der Waals surface area contributed by atoms with Crippen LogP contribution in [0.5, 0.6) is 0 Å². The Morgan fingerprint density at radius 3 is 2.20 bits per heavy atom. The average molecular weight is 405 g/mol. The van der Waals surface area contributed by atoms with E-state index in [0.29, 0.717) is 0 Å². The number of sulfonamides is 2. The number of hydrogen-bond donors (Lipinski definition) is 2. The summed E-state index contributed by atoms with van der Waals surface area (Å²) in [7, 11) is -7.73. The monoisotopic (exact) mass is 404 g/mol. The second-order valence-corrected chi connectivity index (χ2v) is 9.37. The molecule has 1 fully saturated rings. The molecule has 2 aromatic carbocycles. The molecule has 10 heteroatoms. The lowest BCUT2D eigenvalue weighted by Crippen LogP contribution is -2.25. The molecule has 0 atom stereocenters. The summed E-state index contributed by atoms with van der Waals surface area (Å²) < 4.78 is 66.8. The maximum Gasteiger partial charge on any atom is 0.263 e. The summed E-state index contributed by atoms with van der Waals surface area (Å²) in [5.41, 5.74) is 0.130. The third kappa shape index (κ3) is 4.30. The first-order chi connectivity index (χ1) is 11.7. The maximum absolute atomic E-state index is 13.3. The minimum Gasteiger partial charge on any atom is -0.280 e. The standard InChI is InChI=1S/C15H14ClFN2O4S2/c16-14-8-1-10(17)9-15(14)25(22,23)19-12-4-6-13(7-5-12)24(20,21)18-11-2-3-11/h1,4-9,11,18-19H,2-3H2. The van der Waals surface area contributed by atoms with Gasteiger partial charge in [0, 0.05) is 11.7 Å². The van der Waals surface area contributed by atoms with Crippen LogP contribution in [0.4, 0.5) is 10.1 Å². The molecule has 0 amide bonds. The smallest absolute Gasteiger partial charge is 0.263 e. The molecule has 6 nitrogen and oxygen atoms in total. The van der Waals surface area contributed by atoms with Crippen molar-refractivity contribution in [2.75, 3.05) is 4.72 Å². The molecule has 1 aliphatic carbocycles. The fourth-order valence-corrected chi connectivity index (χ4v) is 4.96. The number of nitrogens with one attached hydrogen (secondary N) is 2. The van der Waals surface area contributed by atoms with E-state index in [1.54, 1.807) is 0 Å². The summed E-state index contributed by atoms with van der Waals surface area (Å²) in [6, 6.07) is 8.17. The van der Waals surface area contributed by atoms with Gasteiger partial charge in [0.05, 0.1) is 9.92 Å². The molecule has 25 heavy (non-hydrogen) atoms. The van der Waals surface area contributed by atoms with Crippen LogP contribution in [0.3, 0.4) is 0 Å². The van der Waals surface area contributed by atoms with Crippen molar-refractivity contribution in [1.82, 2.24) is 4.72 Å². The molecule has 0 bridgehead atoms. The van der Waals surface area contributed by atoms with Crippen LogP contribution in [0.25, 0.3) is 0 Å². The lowest BCUT2D eigenvalue weighted by molar-refractivity contribution is 0.581. The fourth-order valence-electron chi connectivity index (χ4n) is 2.08. The summed E-state index contributed by atoms with van der Waals surface area (Å²) in [4.78, 5) is -0.368. The van der Waals surface area contributed by atoms with E-state index in [9.17, 15) is 21.2 Å². The van der Waals surface area contributed by atoms with Crippen molar-refractivity contribution in [3.8, 4) is 0 Å². The number of benzene rings is 2. The molecule has 0 saturated heterocycles. The van der Waals surface area contributed by atoms with Crippen LogP contribution in [0.15, 0.2) is 52.3 Å². The molecule has 1 saturated carbocycles. The summed E-state index contributed by atoms with van der Waals surface area (Å²) in [5, 5.41) is -0.123. The highest BCUT2D eigenvalue weighted by Gasteiger charge is 2.28. The van der Waals surface area contributed by atoms with E-state index in [4.69, 9.17) is 11.6 Å². The average Bonchev–Trinajstić information content (AvgIpc) is 3.33. The molecule has 0 aromatic heterocycles. The molecular formula is C15H14ClFN2O4S2. The molecule has 0 unspecified atom stereocenters. The van der Waals surface area contributed by atoms with Gasteiger partial charge in [-0.3, -0.25) is 4.72 Å². The molecule has 0 radical (unpaired) electrons. The lowest BCUT2D eigenvalue weighted by Gasteiger charge is -2.11. The van der Waals surface area contributed by atoms with Crippen LogP contribution in [-0.4, -0.2) is 22.9 Å². The SMILES string of the molecule is O=S(=O)(NC1CC1)c1ccc(NS(=O)(=O)c2cc(F)ccc2Cl)cc1. The minimum atomic E-state index is -4.11. The van der Waals surface area contributed by atoms with Crippen molar-refractivity contribution in [3.05, 3.63) is 53.3 Å². The van der Waals surface area contributed by atoms with Crippen molar-refractivity contribution in [2.24, 2.45) is 0 Å². The van der Waals surface area contributed by atoms with Gasteiger partial charge in [-0.1, -0.05) is 11.6 Å². The fraction of sp³-hybridized carbons (Fsp3) is 0.200. The molecule has 2 N–H and O–H groups in total. The topological polar surface area (TPSA) is 92.3 Å². The van der Waals surface area contributed by atoms with Crippen LogP contribution in [-0.2, 0) is 20.0 Å². The van der Waals surface area contributed by atoms with Crippen LogP contribution in [0.2, 0.25) is 5.02 Å². The molecule has 0 aliphatic heterocycles. The summed E-state index contributed by atoms with van der Waals surface area (Å²) in [6.45, 7) is 0. The highest BCUT2D eigenvalue weighted by atomic mass is 35.5. The Hall–Kier alpha value is -1.68. The molecular weight excluding hydrogens is 391 g/mol. The van der Waals surface area contributed by atoms with E-state index in [0.717, 1.165) is 31.0 Å². The predicted molar refractivity (Wildman–Crippen MR) is 92.0 cm³/mol. The Kier molecular flexibility index (Phi) is 4.76. The van der Waals surface area contributed by atoms with Crippen molar-refractivity contribution >= 4 is 37.3 Å². The molecule has 1 aliphatic rings. The van der Waals surface area contributed by atoms with Crippen LogP contribution in [0, 0.1) is 5.82 Å². The van der Waals surface area contributed by atoms with Gasteiger partial charge in [-0.25, -0.2) is 25.9 Å². The molecule has 3 rings (SSSR count). The van der Waals surface area contributed by atoms with Crippen LogP contribution in [0.1, 0.15) is 12.8 Å². The molecule has 0 spiro atoms. The first-order valence-corrected chi connectivity index (χ1v) is 10.6. The quantitative estimate of drug-likeness (QED) is 0.774. The zero-order chi connectivity index (χ0) is 18.2. The Labute approximate surface area is 150 Å². The first kappa shape index (κ1) is 18.1. The third-order valence-corrected chi connectivity index (χ3v) is 6.90. The highest BCUT2D eigenvalue weighted by molar-refractivity contribution is 7.92. The number of hydrogen-bond acceptors (Lipinski definition) is 4. The zero-order valence-electron chi connectivity index (χ0n) is 12.7. The first-order valence-electron chi connectivity index (χ1n) is 7.28. The van der Waals surface area contributed by atoms with Gasteiger partial charge in [-0.2, -0.15) is 0 Å². The van der Waals surface area contributed by atoms with E-state index in [-0.39, 0.29) is 21.6 Å². The van der Waals surface area contributed by atoms with Gasteiger partial charge in [0.1, 0.15) is 10.7 Å². The van der Waals surface area contributed by atoms with E-state index >= 15 is 0 Å². The maximum atomic E-state index is 13.3. The third-order valence-electron chi connectivity index (χ3n) is 3.50. The molecule has 134 valence electrons. The Morgan fingerprint density at radius 1 is 0.960 bits per heavy atom. The van der Waals surface area contributed by atoms with E-state index < -0.39 is 30.8 Å². The lowest BCUT2D eigenvalue weighted by atomic mass is 10.3. The van der Waals surface area contributed by atoms with Gasteiger partial charge in [-0.05, 0) is 55.3 Å². The van der Waals surface area contributed by atoms with Crippen molar-refractivity contribution in [2.45, 2.75) is 28.7 Å². The van der Waals surface area contributed by atoms with Crippen molar-refractivity contribution in [3.63, 3.8) is 0 Å². The number of anilines is 1. The van der Waals surface area contributed by atoms with Gasteiger partial charge in [0.25, 0.3) is 10.0 Å².